The molecule has 0 aliphatic carbocycles. The molecule has 71 valence electrons. The van der Waals surface area contributed by atoms with Crippen molar-refractivity contribution in [1.82, 2.24) is 5.32 Å². The molecular formula is C12H13N2. The molecule has 2 rings (SSSR count). The standard InChI is InChI=1S/C12H13N2/c1-2-10-3-5-12(6-4-10)14-9-11-7-13-8-11/h3-6,11,13-14H,7-9H2. The second kappa shape index (κ2) is 4.17. The van der Waals surface area contributed by atoms with Gasteiger partial charge in [0.25, 0.3) is 0 Å². The Kier molecular flexibility index (Phi) is 2.71. The van der Waals surface area contributed by atoms with Gasteiger partial charge in [0, 0.05) is 36.8 Å². The maximum Gasteiger partial charge on any atom is 0.0341 e. The zero-order valence-electron chi connectivity index (χ0n) is 8.01. The number of hydrogen-bond donors (Lipinski definition) is 2. The van der Waals surface area contributed by atoms with Crippen molar-refractivity contribution in [3.05, 3.63) is 36.3 Å². The van der Waals surface area contributed by atoms with Crippen LogP contribution < -0.4 is 10.6 Å². The van der Waals surface area contributed by atoms with Gasteiger partial charge in [-0.1, -0.05) is 5.92 Å². The molecule has 1 aromatic carbocycles. The molecule has 0 aromatic heterocycles. The average molecular weight is 185 g/mol. The zero-order valence-corrected chi connectivity index (χ0v) is 8.01. The molecule has 1 aliphatic heterocycles. The Morgan fingerprint density at radius 1 is 1.36 bits per heavy atom. The number of anilines is 1. The highest BCUT2D eigenvalue weighted by Gasteiger charge is 2.15. The van der Waals surface area contributed by atoms with E-state index >= 15 is 0 Å². The average Bonchev–Trinajstić information content (AvgIpc) is 2.16. The molecule has 0 atom stereocenters. The summed E-state index contributed by atoms with van der Waals surface area (Å²) < 4.78 is 0. The lowest BCUT2D eigenvalue weighted by atomic mass is 10.0. The minimum Gasteiger partial charge on any atom is -0.385 e. The van der Waals surface area contributed by atoms with E-state index in [9.17, 15) is 0 Å². The van der Waals surface area contributed by atoms with Gasteiger partial charge in [-0.05, 0) is 30.7 Å². The van der Waals surface area contributed by atoms with Crippen LogP contribution >= 0.6 is 0 Å². The van der Waals surface area contributed by atoms with E-state index in [1.165, 1.54) is 0 Å². The Morgan fingerprint density at radius 2 is 2.07 bits per heavy atom. The van der Waals surface area contributed by atoms with Crippen LogP contribution in [0.3, 0.4) is 0 Å². The molecule has 0 unspecified atom stereocenters. The first-order valence-corrected chi connectivity index (χ1v) is 4.86. The lowest BCUT2D eigenvalue weighted by Crippen LogP contribution is -2.45. The Balaban J connectivity index is 1.86. The molecule has 0 amide bonds. The molecule has 1 aliphatic rings. The minimum absolute atomic E-state index is 0.768. The van der Waals surface area contributed by atoms with Gasteiger partial charge in [-0.25, -0.2) is 0 Å². The van der Waals surface area contributed by atoms with Gasteiger partial charge in [0.15, 0.2) is 0 Å². The molecule has 0 bridgehead atoms. The van der Waals surface area contributed by atoms with Crippen molar-refractivity contribution in [2.24, 2.45) is 5.92 Å². The third kappa shape index (κ3) is 2.07. The third-order valence-electron chi connectivity index (χ3n) is 2.49. The summed E-state index contributed by atoms with van der Waals surface area (Å²) in [5.74, 6) is 3.12. The molecular weight excluding hydrogens is 172 g/mol. The molecule has 1 fully saturated rings. The quantitative estimate of drug-likeness (QED) is 0.693. The van der Waals surface area contributed by atoms with E-state index in [-0.39, 0.29) is 0 Å². The topological polar surface area (TPSA) is 24.1 Å². The van der Waals surface area contributed by atoms with Gasteiger partial charge in [0.1, 0.15) is 0 Å². The second-order valence-electron chi connectivity index (χ2n) is 3.61. The van der Waals surface area contributed by atoms with Crippen LogP contribution in [0.1, 0.15) is 5.56 Å². The number of benzene rings is 1. The fourth-order valence-electron chi connectivity index (χ4n) is 1.43. The SMILES string of the molecule is [C]#Cc1ccc(NCC2CNC2)cc1. The normalized spacial score (nSPS) is 15.6. The first kappa shape index (κ1) is 9.11. The van der Waals surface area contributed by atoms with Gasteiger partial charge >= 0.3 is 0 Å². The molecule has 2 nitrogen and oxygen atoms in total. The van der Waals surface area contributed by atoms with E-state index in [1.54, 1.807) is 0 Å². The largest absolute Gasteiger partial charge is 0.385 e. The first-order chi connectivity index (χ1) is 6.88. The molecule has 2 heteroatoms. The van der Waals surface area contributed by atoms with Crippen molar-refractivity contribution in [2.75, 3.05) is 25.0 Å². The van der Waals surface area contributed by atoms with E-state index < -0.39 is 0 Å². The molecule has 1 heterocycles. The van der Waals surface area contributed by atoms with Gasteiger partial charge in [0.05, 0.1) is 0 Å². The van der Waals surface area contributed by atoms with Crippen LogP contribution in [-0.4, -0.2) is 19.6 Å². The molecule has 14 heavy (non-hydrogen) atoms. The van der Waals surface area contributed by atoms with E-state index in [0.717, 1.165) is 36.8 Å². The number of rotatable bonds is 3. The Bertz CT molecular complexity index is 330. The van der Waals surface area contributed by atoms with Gasteiger partial charge < -0.3 is 10.6 Å². The van der Waals surface area contributed by atoms with Crippen LogP contribution in [0.2, 0.25) is 0 Å². The number of hydrogen-bond acceptors (Lipinski definition) is 2. The second-order valence-corrected chi connectivity index (χ2v) is 3.61. The maximum absolute atomic E-state index is 6.94. The molecule has 1 saturated heterocycles. The van der Waals surface area contributed by atoms with Crippen molar-refractivity contribution in [3.8, 4) is 5.92 Å². The summed E-state index contributed by atoms with van der Waals surface area (Å²) in [4.78, 5) is 0. The van der Waals surface area contributed by atoms with Gasteiger partial charge in [0.2, 0.25) is 0 Å². The van der Waals surface area contributed by atoms with E-state index in [4.69, 9.17) is 6.42 Å². The van der Waals surface area contributed by atoms with Crippen molar-refractivity contribution >= 4 is 5.69 Å². The van der Waals surface area contributed by atoms with Crippen LogP contribution in [0.15, 0.2) is 24.3 Å². The highest BCUT2D eigenvalue weighted by atomic mass is 15.0. The fourth-order valence-corrected chi connectivity index (χ4v) is 1.43. The minimum atomic E-state index is 0.768. The van der Waals surface area contributed by atoms with Crippen LogP contribution in [0.5, 0.6) is 0 Å². The van der Waals surface area contributed by atoms with Crippen LogP contribution in [0.25, 0.3) is 0 Å². The van der Waals surface area contributed by atoms with Crippen LogP contribution in [0, 0.1) is 18.3 Å². The van der Waals surface area contributed by atoms with Crippen molar-refractivity contribution in [3.63, 3.8) is 0 Å². The molecule has 0 spiro atoms. The predicted molar refractivity (Wildman–Crippen MR) is 57.5 cm³/mol. The Morgan fingerprint density at radius 3 is 2.57 bits per heavy atom. The summed E-state index contributed by atoms with van der Waals surface area (Å²) >= 11 is 0. The third-order valence-corrected chi connectivity index (χ3v) is 2.49. The fraction of sp³-hybridized carbons (Fsp3) is 0.333. The predicted octanol–water partition coefficient (Wildman–Crippen LogP) is 1.26. The van der Waals surface area contributed by atoms with Gasteiger partial charge in [-0.15, -0.1) is 0 Å². The van der Waals surface area contributed by atoms with Crippen LogP contribution in [-0.2, 0) is 0 Å². The summed E-state index contributed by atoms with van der Waals surface area (Å²) in [5.41, 5.74) is 1.94. The molecule has 1 aromatic rings. The molecule has 1 radical (unpaired) electrons. The summed E-state index contributed by atoms with van der Waals surface area (Å²) in [7, 11) is 0. The summed E-state index contributed by atoms with van der Waals surface area (Å²) in [6, 6.07) is 7.77. The highest BCUT2D eigenvalue weighted by Crippen LogP contribution is 2.10. The maximum atomic E-state index is 6.94. The van der Waals surface area contributed by atoms with Crippen LogP contribution in [0.4, 0.5) is 5.69 Å². The van der Waals surface area contributed by atoms with Gasteiger partial charge in [-0.3, -0.25) is 0 Å². The monoisotopic (exact) mass is 185 g/mol. The van der Waals surface area contributed by atoms with Crippen molar-refractivity contribution in [1.29, 1.82) is 0 Å². The van der Waals surface area contributed by atoms with Gasteiger partial charge in [-0.2, -0.15) is 0 Å². The molecule has 0 saturated carbocycles. The number of nitrogens with one attached hydrogen (secondary N) is 2. The Hall–Kier alpha value is -1.46. The zero-order chi connectivity index (χ0) is 9.80. The van der Waals surface area contributed by atoms with Crippen molar-refractivity contribution in [2.45, 2.75) is 0 Å². The molecule has 2 N–H and O–H groups in total. The first-order valence-electron chi connectivity index (χ1n) is 4.86. The summed E-state index contributed by atoms with van der Waals surface area (Å²) in [6.07, 6.45) is 6.94. The smallest absolute Gasteiger partial charge is 0.0341 e. The lowest BCUT2D eigenvalue weighted by Gasteiger charge is -2.27. The van der Waals surface area contributed by atoms with E-state index in [2.05, 4.69) is 16.6 Å². The highest BCUT2D eigenvalue weighted by molar-refractivity contribution is 5.47. The van der Waals surface area contributed by atoms with E-state index in [0.29, 0.717) is 0 Å². The van der Waals surface area contributed by atoms with Crippen molar-refractivity contribution < 1.29 is 0 Å². The Labute approximate surface area is 84.7 Å². The summed E-state index contributed by atoms with van der Waals surface area (Å²) in [5, 5.41) is 6.61. The summed E-state index contributed by atoms with van der Waals surface area (Å²) in [6.45, 7) is 3.28. The van der Waals surface area contributed by atoms with E-state index in [1.807, 2.05) is 24.3 Å². The lowest BCUT2D eigenvalue weighted by molar-refractivity contribution is 0.365.